The molecule has 0 saturated heterocycles. The van der Waals surface area contributed by atoms with Gasteiger partial charge in [0.05, 0.1) is 19.7 Å². The predicted octanol–water partition coefficient (Wildman–Crippen LogP) is 11.1. The van der Waals surface area contributed by atoms with Crippen LogP contribution < -0.4 is 4.48 Å². The molecule has 57 heavy (non-hydrogen) atoms. The van der Waals surface area contributed by atoms with Crippen molar-refractivity contribution in [3.05, 3.63) is 77.4 Å². The maximum Gasteiger partial charge on any atom is 0.401 e. The third-order valence-corrected chi connectivity index (χ3v) is 10.6. The molecule has 8 unspecified atom stereocenters. The molecule has 0 fully saturated rings. The molecule has 1 nitrogen and oxygen atoms in total. The van der Waals surface area contributed by atoms with Crippen LogP contribution in [0.1, 0.15) is 16.7 Å². The van der Waals surface area contributed by atoms with Crippen LogP contribution in [0.5, 0.6) is 0 Å². The molecule has 0 heterocycles. The molecule has 320 valence electrons. The number of hydrogen-bond acceptors (Lipinski definition) is 0. The van der Waals surface area contributed by atoms with Crippen molar-refractivity contribution in [2.45, 2.75) is 94.9 Å². The van der Waals surface area contributed by atoms with Crippen molar-refractivity contribution in [2.24, 2.45) is 0 Å². The third-order valence-electron chi connectivity index (χ3n) is 10.6. The van der Waals surface area contributed by atoms with Gasteiger partial charge in [-0.2, -0.15) is 74.6 Å². The summed E-state index contributed by atoms with van der Waals surface area (Å²) in [5.74, 6) is -59.8. The van der Waals surface area contributed by atoms with Gasteiger partial charge < -0.3 is 0 Å². The third kappa shape index (κ3) is 4.82. The zero-order chi connectivity index (χ0) is 44.2. The fraction of sp³-hybridized carbons (Fsp3) is 0.562. The maximum atomic E-state index is 17.4. The van der Waals surface area contributed by atoms with Gasteiger partial charge in [-0.25, -0.2) is 30.7 Å². The van der Waals surface area contributed by atoms with Crippen LogP contribution in [0.15, 0.2) is 60.7 Å². The molecule has 5 rings (SSSR count). The Hall–Kier alpha value is -3.54. The molecule has 0 saturated carbocycles. The summed E-state index contributed by atoms with van der Waals surface area (Å²) in [7, 11) is -0.707. The summed E-state index contributed by atoms with van der Waals surface area (Å²) in [6.07, 6.45) is -25.8. The average Bonchev–Trinajstić information content (AvgIpc) is 3.09. The molecule has 0 amide bonds. The minimum Gasteiger partial charge on any atom is -0.255 e. The average molecular weight is 874 g/mol. The van der Waals surface area contributed by atoms with Crippen LogP contribution in [-0.2, 0) is 17.0 Å². The number of allylic oxidation sites excluding steroid dienone is 7. The summed E-state index contributed by atoms with van der Waals surface area (Å²) in [4.78, 5) is 0. The van der Waals surface area contributed by atoms with Crippen LogP contribution in [0.25, 0.3) is 0 Å². The van der Waals surface area contributed by atoms with Gasteiger partial charge in [0.15, 0.2) is 24.7 Å². The molecular formula is C32H20F24N+. The number of hydrogen-bond donors (Lipinski definition) is 0. The Balaban J connectivity index is 2.16. The van der Waals surface area contributed by atoms with E-state index in [1.807, 2.05) is 0 Å². The van der Waals surface area contributed by atoms with E-state index >= 15 is 52.7 Å². The number of benzene rings is 1. The number of halogens is 24. The normalized spacial score (nSPS) is 40.5. The molecule has 0 bridgehead atoms. The van der Waals surface area contributed by atoms with Crippen molar-refractivity contribution in [2.75, 3.05) is 14.1 Å². The predicted molar refractivity (Wildman–Crippen MR) is 148 cm³/mol. The van der Waals surface area contributed by atoms with Gasteiger partial charge in [-0.15, -0.1) is 0 Å². The Labute approximate surface area is 302 Å². The standard InChI is InChI=1S/C32H20F24N/c1-57(2,24(40)12-8-18(36)28(47,48)32(24,55)56)14-4-3-13(21(37)9-5-15(33)25(41,42)29(21,49)50)19(22(38)10-6-16(34)26(43,44)30(22,51)52)20(14)23(39)11-7-17(35)27(45,46)31(23,53)54/h3-12,15-18H,1-2H3/q+1. The Bertz CT molecular complexity index is 1950. The number of nitrogens with zero attached hydrogens (tertiary/aromatic N) is 1. The summed E-state index contributed by atoms with van der Waals surface area (Å²) in [6, 6.07) is -1.68. The van der Waals surface area contributed by atoms with E-state index in [4.69, 9.17) is 0 Å². The molecule has 1 aromatic carbocycles. The summed E-state index contributed by atoms with van der Waals surface area (Å²) in [6.45, 7) is 0. The fourth-order valence-electron chi connectivity index (χ4n) is 6.98. The van der Waals surface area contributed by atoms with Crippen LogP contribution in [0.3, 0.4) is 0 Å². The van der Waals surface area contributed by atoms with Crippen molar-refractivity contribution in [3.63, 3.8) is 0 Å². The summed E-state index contributed by atoms with van der Waals surface area (Å²) < 4.78 is 365. The van der Waals surface area contributed by atoms with Crippen molar-refractivity contribution in [3.8, 4) is 0 Å². The van der Waals surface area contributed by atoms with E-state index in [1.54, 1.807) is 0 Å². The molecular weight excluding hydrogens is 854 g/mol. The van der Waals surface area contributed by atoms with E-state index in [0.717, 1.165) is 0 Å². The van der Waals surface area contributed by atoms with E-state index in [9.17, 15) is 52.7 Å². The summed E-state index contributed by atoms with van der Waals surface area (Å²) in [5.41, 5.74) is -32.3. The summed E-state index contributed by atoms with van der Waals surface area (Å²) >= 11 is 0. The van der Waals surface area contributed by atoms with Gasteiger partial charge in [-0.3, -0.25) is 4.48 Å². The maximum absolute atomic E-state index is 17.4. The van der Waals surface area contributed by atoms with Gasteiger partial charge in [-0.1, -0.05) is 0 Å². The minimum atomic E-state index is -7.21. The quantitative estimate of drug-likeness (QED) is 0.120. The fourth-order valence-corrected chi connectivity index (χ4v) is 6.98. The van der Waals surface area contributed by atoms with Crippen LogP contribution in [0.2, 0.25) is 0 Å². The molecule has 8 atom stereocenters. The summed E-state index contributed by atoms with van der Waals surface area (Å²) in [5, 5.41) is 0. The van der Waals surface area contributed by atoms with E-state index in [-0.39, 0.29) is 14.1 Å². The Morgan fingerprint density at radius 1 is 0.386 bits per heavy atom. The highest BCUT2D eigenvalue weighted by Crippen LogP contribution is 2.67. The van der Waals surface area contributed by atoms with Crippen LogP contribution >= 0.6 is 0 Å². The van der Waals surface area contributed by atoms with Gasteiger partial charge in [0.1, 0.15) is 5.69 Å². The van der Waals surface area contributed by atoms with Crippen LogP contribution in [0.4, 0.5) is 111 Å². The first-order chi connectivity index (χ1) is 25.2. The van der Waals surface area contributed by atoms with Crippen molar-refractivity contribution >= 4 is 5.69 Å². The van der Waals surface area contributed by atoms with Crippen molar-refractivity contribution in [1.82, 2.24) is 4.48 Å². The second-order valence-corrected chi connectivity index (χ2v) is 14.0. The van der Waals surface area contributed by atoms with E-state index in [1.165, 1.54) is 0 Å². The molecule has 0 radical (unpaired) electrons. The highest BCUT2D eigenvalue weighted by Gasteiger charge is 2.84. The van der Waals surface area contributed by atoms with Gasteiger partial charge in [0, 0.05) is 23.3 Å². The number of alkyl halides is 24. The Kier molecular flexibility index (Phi) is 9.23. The molecule has 4 aliphatic rings. The zero-order valence-electron chi connectivity index (χ0n) is 27.6. The van der Waals surface area contributed by atoms with E-state index in [2.05, 4.69) is 0 Å². The SMILES string of the molecule is C[N+](C)(c1ccc(C2(F)C=CC(F)C(F)(F)C2(F)F)c(C2(F)C=CC(F)C(F)(F)C2(F)F)c1C1(F)C=CC(F)C(F)(F)C1(F)F)C1(F)C=CC(F)C(F)(F)C1(F)F. The molecule has 0 N–H and O–H groups in total. The topological polar surface area (TPSA) is 0 Å². The molecule has 0 aromatic heterocycles. The molecule has 1 aromatic rings. The Morgan fingerprint density at radius 3 is 1.07 bits per heavy atom. The molecule has 4 aliphatic carbocycles. The number of rotatable bonds is 5. The smallest absolute Gasteiger partial charge is 0.255 e. The first-order valence-electron chi connectivity index (χ1n) is 15.4. The first-order valence-corrected chi connectivity index (χ1v) is 15.4. The lowest BCUT2D eigenvalue weighted by Gasteiger charge is -2.51. The second-order valence-electron chi connectivity index (χ2n) is 14.0. The molecule has 0 spiro atoms. The largest absolute Gasteiger partial charge is 0.401 e. The van der Waals surface area contributed by atoms with E-state index in [0.29, 0.717) is 0 Å². The zero-order valence-corrected chi connectivity index (χ0v) is 27.6. The lowest BCUT2D eigenvalue weighted by Crippen LogP contribution is -2.74. The highest BCUT2D eigenvalue weighted by atomic mass is 19.4. The molecule has 0 aliphatic heterocycles. The molecule has 25 heteroatoms. The van der Waals surface area contributed by atoms with Crippen molar-refractivity contribution in [1.29, 1.82) is 0 Å². The highest BCUT2D eigenvalue weighted by molar-refractivity contribution is 5.68. The van der Waals surface area contributed by atoms with Gasteiger partial charge >= 0.3 is 53.2 Å². The van der Waals surface area contributed by atoms with Gasteiger partial charge in [0.25, 0.3) is 0 Å². The first kappa shape index (κ1) is 44.6. The minimum absolute atomic E-state index is 0.354. The number of likely N-dealkylation sites (N-methyl/N-ethyl adjacent to an activating group) is 1. The van der Waals surface area contributed by atoms with Crippen LogP contribution in [-0.4, -0.2) is 92.0 Å². The van der Waals surface area contributed by atoms with Gasteiger partial charge in [0.2, 0.25) is 17.0 Å². The lowest BCUT2D eigenvalue weighted by atomic mass is 9.66. The van der Waals surface area contributed by atoms with Crippen LogP contribution in [0, 0.1) is 0 Å². The second kappa shape index (κ2) is 11.8. The lowest BCUT2D eigenvalue weighted by molar-refractivity contribution is -0.305. The van der Waals surface area contributed by atoms with Crippen molar-refractivity contribution < 1.29 is 105 Å². The van der Waals surface area contributed by atoms with E-state index < -0.39 is 182 Å². The monoisotopic (exact) mass is 874 g/mol. The van der Waals surface area contributed by atoms with Gasteiger partial charge in [-0.05, 0) is 48.6 Å². The number of quaternary nitrogens is 1. The Morgan fingerprint density at radius 2 is 0.684 bits per heavy atom.